The lowest BCUT2D eigenvalue weighted by molar-refractivity contribution is -0.272. The lowest BCUT2D eigenvalue weighted by Crippen LogP contribution is -2.47. The van der Waals surface area contributed by atoms with Gasteiger partial charge in [-0.25, -0.2) is 4.39 Å². The number of benzene rings is 1. The molecule has 79 heavy (non-hydrogen) atoms. The maximum atomic E-state index is 15.4. The van der Waals surface area contributed by atoms with Crippen LogP contribution in [-0.4, -0.2) is 140 Å². The molecule has 7 rings (SSSR count). The number of hydrogen-bond acceptors (Lipinski definition) is 13. The van der Waals surface area contributed by atoms with Gasteiger partial charge in [0.1, 0.15) is 18.4 Å². The maximum Gasteiger partial charge on any atom is 0.417 e. The summed E-state index contributed by atoms with van der Waals surface area (Å²) in [6, 6.07) is 7.45. The number of amides is 6. The number of primary amides is 1. The number of halogens is 5. The van der Waals surface area contributed by atoms with E-state index in [9.17, 15) is 46.3 Å². The molecule has 0 spiro atoms. The highest BCUT2D eigenvalue weighted by atomic mass is 19.4. The summed E-state index contributed by atoms with van der Waals surface area (Å²) >= 11 is 0. The number of ether oxygens (including phenoxy) is 5. The van der Waals surface area contributed by atoms with Crippen molar-refractivity contribution in [2.24, 2.45) is 23.5 Å². The van der Waals surface area contributed by atoms with E-state index in [2.05, 4.69) is 31.2 Å². The number of carbonyl (C=O) groups excluding carboxylic acids is 6. The van der Waals surface area contributed by atoms with Crippen molar-refractivity contribution >= 4 is 41.1 Å². The van der Waals surface area contributed by atoms with Gasteiger partial charge in [0.05, 0.1) is 37.4 Å². The van der Waals surface area contributed by atoms with E-state index >= 15 is 4.39 Å². The van der Waals surface area contributed by atoms with Crippen LogP contribution in [0, 0.1) is 29.4 Å². The first kappa shape index (κ1) is 60.3. The molecule has 4 heterocycles. The zero-order valence-electron chi connectivity index (χ0n) is 44.6. The minimum Gasteiger partial charge on any atom is -0.488 e. The standard InChI is InChI=1S/C55H71F5N8O11/c1-32-45(49(79-54(32,2)55(58,59)60)53(74)67-36-19-22-63-42(29-36)50(61)71)39-17-18-41(56)46(57)48(39)78-28-27-75-24-6-21-64-51(72)33-9-11-35(12-10-33)66-43(69)8-5-25-76-37-13-15-38(16-14-37)77-26-23-65-52(73)40-30-44(70)68(3)47(40)34-7-4-20-62-31-34/h4,7,17-20,22,29,31-33,35,37-38,40,45,47,49H,5-6,8-16,21,23-28,30H2,1-3H3,(H2,61,71)(H,64,72)(H,65,73)(H,66,69)(H,63,67,74)/t32-,33?,35?,37?,38?,40-,45-,47+,49+,54+/m0/s1. The molecule has 2 aliphatic heterocycles. The van der Waals surface area contributed by atoms with Gasteiger partial charge in [0.2, 0.25) is 29.4 Å². The van der Waals surface area contributed by atoms with E-state index in [4.69, 9.17) is 29.4 Å². The third kappa shape index (κ3) is 15.5. The van der Waals surface area contributed by atoms with Crippen molar-refractivity contribution in [2.75, 3.05) is 58.5 Å². The van der Waals surface area contributed by atoms with Crippen LogP contribution < -0.4 is 31.7 Å². The number of alkyl halides is 3. The number of nitrogens with zero attached hydrogens (tertiary/aromatic N) is 3. The Balaban J connectivity index is 0.731. The monoisotopic (exact) mass is 1110 g/mol. The maximum absolute atomic E-state index is 15.4. The minimum absolute atomic E-state index is 0.0214. The van der Waals surface area contributed by atoms with E-state index < -0.39 is 64.8 Å². The molecule has 0 bridgehead atoms. The summed E-state index contributed by atoms with van der Waals surface area (Å²) in [5.74, 6) is -9.65. The largest absolute Gasteiger partial charge is 0.488 e. The fourth-order valence-corrected chi connectivity index (χ4v) is 11.0. The summed E-state index contributed by atoms with van der Waals surface area (Å²) in [4.78, 5) is 86.0. The number of aromatic nitrogens is 2. The normalized spacial score (nSPS) is 26.1. The molecule has 4 fully saturated rings. The van der Waals surface area contributed by atoms with Crippen LogP contribution >= 0.6 is 0 Å². The topological polar surface area (TPSA) is 252 Å². The van der Waals surface area contributed by atoms with Crippen molar-refractivity contribution < 1.29 is 74.4 Å². The second-order valence-corrected chi connectivity index (χ2v) is 20.8. The number of hydrogen-bond donors (Lipinski definition) is 5. The highest BCUT2D eigenvalue weighted by molar-refractivity contribution is 5.97. The van der Waals surface area contributed by atoms with Gasteiger partial charge in [-0.05, 0) is 101 Å². The predicted octanol–water partition coefficient (Wildman–Crippen LogP) is 5.97. The molecule has 1 aromatic carbocycles. The molecule has 2 saturated carbocycles. The Hall–Kier alpha value is -6.37. The van der Waals surface area contributed by atoms with E-state index in [1.54, 1.807) is 30.4 Å². The van der Waals surface area contributed by atoms with Crippen molar-refractivity contribution in [3.63, 3.8) is 0 Å². The smallest absolute Gasteiger partial charge is 0.417 e. The molecule has 24 heteroatoms. The Labute approximate surface area is 455 Å². The summed E-state index contributed by atoms with van der Waals surface area (Å²) < 4.78 is 102. The van der Waals surface area contributed by atoms with Gasteiger partial charge in [0.15, 0.2) is 17.2 Å². The number of pyridine rings is 2. The van der Waals surface area contributed by atoms with E-state index in [1.807, 2.05) is 6.07 Å². The van der Waals surface area contributed by atoms with Gasteiger partial charge in [-0.1, -0.05) is 19.1 Å². The molecule has 19 nitrogen and oxygen atoms in total. The fourth-order valence-electron chi connectivity index (χ4n) is 11.0. The summed E-state index contributed by atoms with van der Waals surface area (Å²) in [5.41, 5.74) is 2.71. The molecule has 6 amide bonds. The number of likely N-dealkylation sites (tertiary alicyclic amines) is 1. The second kappa shape index (κ2) is 27.7. The average molecular weight is 1120 g/mol. The Morgan fingerprint density at radius 1 is 0.848 bits per heavy atom. The van der Waals surface area contributed by atoms with Crippen LogP contribution in [0.5, 0.6) is 5.75 Å². The van der Waals surface area contributed by atoms with Gasteiger partial charge in [0.25, 0.3) is 11.8 Å². The molecular weight excluding hydrogens is 1040 g/mol. The van der Waals surface area contributed by atoms with E-state index in [0.29, 0.717) is 71.2 Å². The van der Waals surface area contributed by atoms with Crippen molar-refractivity contribution in [3.05, 3.63) is 83.4 Å². The summed E-state index contributed by atoms with van der Waals surface area (Å²) in [6.07, 6.45) is 5.11. The molecule has 6 atom stereocenters. The number of carbonyl (C=O) groups is 6. The van der Waals surface area contributed by atoms with Gasteiger partial charge in [-0.15, -0.1) is 0 Å². The predicted molar refractivity (Wildman–Crippen MR) is 275 cm³/mol. The van der Waals surface area contributed by atoms with Gasteiger partial charge in [0, 0.05) is 99.8 Å². The second-order valence-electron chi connectivity index (χ2n) is 20.8. The van der Waals surface area contributed by atoms with Crippen molar-refractivity contribution in [1.29, 1.82) is 0 Å². The molecule has 4 aliphatic rings. The van der Waals surface area contributed by atoms with E-state index in [0.717, 1.165) is 62.6 Å². The van der Waals surface area contributed by atoms with Crippen LogP contribution in [0.25, 0.3) is 0 Å². The number of rotatable bonds is 25. The molecule has 432 valence electrons. The first-order valence-corrected chi connectivity index (χ1v) is 27.0. The fraction of sp³-hybridized carbons (Fsp3) is 0.600. The Bertz CT molecular complexity index is 2590. The first-order chi connectivity index (χ1) is 37.7. The van der Waals surface area contributed by atoms with Crippen LogP contribution in [0.15, 0.2) is 55.0 Å². The van der Waals surface area contributed by atoms with Crippen molar-refractivity contribution in [3.8, 4) is 5.75 Å². The lowest BCUT2D eigenvalue weighted by atomic mass is 9.77. The molecule has 0 unspecified atom stereocenters. The summed E-state index contributed by atoms with van der Waals surface area (Å²) in [7, 11) is 1.71. The Morgan fingerprint density at radius 2 is 1.56 bits per heavy atom. The van der Waals surface area contributed by atoms with Crippen molar-refractivity contribution in [2.45, 2.75) is 139 Å². The Kier molecular flexibility index (Phi) is 21.1. The van der Waals surface area contributed by atoms with E-state index in [1.165, 1.54) is 13.0 Å². The average Bonchev–Trinajstić information content (AvgIpc) is 4.15. The van der Waals surface area contributed by atoms with Gasteiger partial charge < -0.3 is 55.6 Å². The SMILES string of the molecule is C[C@H]1[C@@H](c2ccc(F)c(F)c2OCCOCCCNC(=O)C2CCC(NC(=O)CCCOC3CCC(OCCNC(=O)[C@H]4CC(=O)N(C)[C@@H]4c4cccnc4)CC3)CC2)[C@H](C(=O)Nc2ccnc(C(N)=O)c2)O[C@@]1(C)C(F)(F)F. The lowest BCUT2D eigenvalue weighted by Gasteiger charge is -2.32. The van der Waals surface area contributed by atoms with Gasteiger partial charge in [-0.3, -0.25) is 38.7 Å². The third-order valence-electron chi connectivity index (χ3n) is 15.6. The number of anilines is 1. The highest BCUT2D eigenvalue weighted by Gasteiger charge is 2.66. The Morgan fingerprint density at radius 3 is 2.24 bits per heavy atom. The zero-order valence-corrected chi connectivity index (χ0v) is 44.6. The van der Waals surface area contributed by atoms with Crippen LogP contribution in [0.4, 0.5) is 27.6 Å². The quantitative estimate of drug-likeness (QED) is 0.0485. The minimum atomic E-state index is -4.99. The highest BCUT2D eigenvalue weighted by Crippen LogP contribution is 2.55. The molecule has 2 saturated heterocycles. The van der Waals surface area contributed by atoms with Crippen LogP contribution in [0.3, 0.4) is 0 Å². The molecular formula is C55H71F5N8O11. The number of nitrogens with two attached hydrogens (primary N) is 1. The first-order valence-electron chi connectivity index (χ1n) is 27.0. The zero-order chi connectivity index (χ0) is 56.9. The molecule has 2 aliphatic carbocycles. The van der Waals surface area contributed by atoms with Crippen LogP contribution in [0.2, 0.25) is 0 Å². The summed E-state index contributed by atoms with van der Waals surface area (Å²) in [6.45, 7) is 3.09. The van der Waals surface area contributed by atoms with E-state index in [-0.39, 0.29) is 97.0 Å². The molecule has 0 radical (unpaired) electrons. The summed E-state index contributed by atoms with van der Waals surface area (Å²) in [5, 5.41) is 11.3. The number of nitrogens with one attached hydrogen (secondary N) is 4. The van der Waals surface area contributed by atoms with Crippen LogP contribution in [0.1, 0.15) is 124 Å². The van der Waals surface area contributed by atoms with Crippen LogP contribution in [-0.2, 0) is 42.9 Å². The van der Waals surface area contributed by atoms with Gasteiger partial charge >= 0.3 is 6.18 Å². The third-order valence-corrected chi connectivity index (χ3v) is 15.6. The molecule has 3 aromatic rings. The molecule has 2 aromatic heterocycles. The van der Waals surface area contributed by atoms with Gasteiger partial charge in [-0.2, -0.15) is 17.6 Å². The van der Waals surface area contributed by atoms with Crippen molar-refractivity contribution in [1.82, 2.24) is 30.8 Å². The molecule has 6 N–H and O–H groups in total.